The summed E-state index contributed by atoms with van der Waals surface area (Å²) in [7, 11) is 0. The average Bonchev–Trinajstić information content (AvgIpc) is 1.55. The molecule has 10 nitrogen and oxygen atoms in total. The van der Waals surface area contributed by atoms with Gasteiger partial charge in [0.05, 0.1) is 44.1 Å². The van der Waals surface area contributed by atoms with Gasteiger partial charge < -0.3 is 9.13 Å². The molecular weight excluding hydrogens is 1200 g/mol. The van der Waals surface area contributed by atoms with Crippen LogP contribution in [0.4, 0.5) is 0 Å². The Labute approximate surface area is 564 Å². The van der Waals surface area contributed by atoms with Gasteiger partial charge in [0.25, 0.3) is 0 Å². The van der Waals surface area contributed by atoms with Crippen LogP contribution in [0.5, 0.6) is 0 Å². The Morgan fingerprint density at radius 2 is 0.582 bits per heavy atom. The fourth-order valence-corrected chi connectivity index (χ4v) is 15.6. The highest BCUT2D eigenvalue weighted by molar-refractivity contribution is 6.96. The van der Waals surface area contributed by atoms with Crippen molar-refractivity contribution in [3.05, 3.63) is 320 Å². The van der Waals surface area contributed by atoms with Crippen LogP contribution in [0, 0.1) is 20.8 Å². The Hall–Kier alpha value is -12.9. The highest BCUT2D eigenvalue weighted by Gasteiger charge is 2.30. The largest absolute Gasteiger partial charge is 0.309 e. The molecule has 11 heteroatoms. The van der Waals surface area contributed by atoms with E-state index in [1.807, 2.05) is 72.8 Å². The van der Waals surface area contributed by atoms with Crippen molar-refractivity contribution in [1.82, 2.24) is 48.2 Å². The molecule has 0 amide bonds. The molecule has 0 aliphatic carbocycles. The van der Waals surface area contributed by atoms with Crippen molar-refractivity contribution in [2.45, 2.75) is 20.8 Å². The summed E-state index contributed by atoms with van der Waals surface area (Å²) >= 11 is 0. The maximum Gasteiger partial charge on any atom is 0.242 e. The minimum atomic E-state index is -0.173. The zero-order valence-electron chi connectivity index (χ0n) is 53.9. The monoisotopic (exact) mass is 1250 g/mol. The van der Waals surface area contributed by atoms with Crippen LogP contribution in [0.3, 0.4) is 0 Å². The minimum Gasteiger partial charge on any atom is -0.309 e. The first-order chi connectivity index (χ1) is 48.3. The van der Waals surface area contributed by atoms with Crippen LogP contribution in [-0.2, 0) is 0 Å². The highest BCUT2D eigenvalue weighted by Crippen LogP contribution is 2.43. The number of hydrogen-bond acceptors (Lipinski definition) is 6. The van der Waals surface area contributed by atoms with E-state index in [-0.39, 0.29) is 6.71 Å². The van der Waals surface area contributed by atoms with Gasteiger partial charge >= 0.3 is 0 Å². The second-order valence-electron chi connectivity index (χ2n) is 25.6. The van der Waals surface area contributed by atoms with Crippen molar-refractivity contribution < 1.29 is 0 Å². The van der Waals surface area contributed by atoms with Gasteiger partial charge in [0.15, 0.2) is 23.3 Å². The van der Waals surface area contributed by atoms with Crippen molar-refractivity contribution in [2.75, 3.05) is 0 Å². The van der Waals surface area contributed by atoms with Gasteiger partial charge in [-0.2, -0.15) is 19.9 Å². The summed E-state index contributed by atoms with van der Waals surface area (Å²) in [6.07, 6.45) is 0. The van der Waals surface area contributed by atoms with Crippen LogP contribution in [0.25, 0.3) is 156 Å². The molecule has 19 aromatic rings. The summed E-state index contributed by atoms with van der Waals surface area (Å²) in [5, 5.41) is 8.97. The SMILES string of the molecule is Cc1cc(C)c(B(c2cccc(-n3c4ccccc4c4cc5c(cc43)c3ccccc3n5-c3nc(-c4ccccc4)nc(-c4ccccc4)n3)c2)c2cccc(-n3c4ccccc4c4ccc5c6ccccc6n(-c6nc(-c7ccccc7)nc(-c7ccccc7)n6)c5c43)c2)c(C)c1. The summed E-state index contributed by atoms with van der Waals surface area (Å²) in [6, 6.07) is 108. The molecule has 0 bridgehead atoms. The predicted octanol–water partition coefficient (Wildman–Crippen LogP) is 18.6. The van der Waals surface area contributed by atoms with E-state index in [0.29, 0.717) is 35.2 Å². The van der Waals surface area contributed by atoms with Crippen LogP contribution < -0.4 is 16.4 Å². The van der Waals surface area contributed by atoms with E-state index in [1.54, 1.807) is 0 Å². The first-order valence-electron chi connectivity index (χ1n) is 33.3. The van der Waals surface area contributed by atoms with E-state index in [4.69, 9.17) is 29.9 Å². The number of aromatic nitrogens is 10. The lowest BCUT2D eigenvalue weighted by molar-refractivity contribution is 0.953. The van der Waals surface area contributed by atoms with Gasteiger partial charge in [-0.3, -0.25) is 9.13 Å². The maximum atomic E-state index is 5.40. The van der Waals surface area contributed by atoms with Crippen molar-refractivity contribution in [1.29, 1.82) is 0 Å². The van der Waals surface area contributed by atoms with E-state index in [9.17, 15) is 0 Å². The molecule has 13 aromatic carbocycles. The molecular formula is C87H59BN10. The quantitative estimate of drug-likeness (QED) is 0.120. The van der Waals surface area contributed by atoms with Crippen LogP contribution in [0.1, 0.15) is 16.7 Å². The number of fused-ring (bicyclic) bond motifs is 13. The minimum absolute atomic E-state index is 0.173. The van der Waals surface area contributed by atoms with Gasteiger partial charge in [-0.1, -0.05) is 276 Å². The molecule has 0 aliphatic rings. The van der Waals surface area contributed by atoms with Crippen LogP contribution in [0.15, 0.2) is 303 Å². The van der Waals surface area contributed by atoms with Crippen molar-refractivity contribution in [2.24, 2.45) is 0 Å². The topological polar surface area (TPSA) is 97.1 Å². The van der Waals surface area contributed by atoms with E-state index in [2.05, 4.69) is 270 Å². The number of rotatable bonds is 11. The van der Waals surface area contributed by atoms with E-state index in [0.717, 1.165) is 121 Å². The standard InChI is InChI=1S/C87H59BN10/c1-54-48-55(2)79(56(3)49-54)88(61-34-24-36-63(50-61)95-73-42-20-18-40-67(73)71-53-78-72(52-77(71)95)68-41-19-22-44-75(68)97(78)86-91-82(57-26-8-4-9-27-57)89-83(92-86)58-28-10-5-11-29-58)62-35-25-37-64(51-62)96-74-43-21-16-38-65(74)69-46-47-70-66-39-17-23-45-76(66)98(81(70)80(69)96)87-93-84(59-30-12-6-13-31-59)90-85(94-87)60-32-14-7-15-33-60/h4-53H,1-3H3. The smallest absolute Gasteiger partial charge is 0.242 e. The van der Waals surface area contributed by atoms with Crippen LogP contribution in [0.2, 0.25) is 0 Å². The van der Waals surface area contributed by atoms with Gasteiger partial charge in [-0.15, -0.1) is 0 Å². The van der Waals surface area contributed by atoms with Gasteiger partial charge in [-0.05, 0) is 81.4 Å². The molecule has 460 valence electrons. The zero-order chi connectivity index (χ0) is 65.1. The number of aryl methyl sites for hydroxylation is 3. The molecule has 0 unspecified atom stereocenters. The number of nitrogens with zero attached hydrogens (tertiary/aromatic N) is 10. The third kappa shape index (κ3) is 9.11. The Bertz CT molecular complexity index is 6270. The van der Waals surface area contributed by atoms with Crippen molar-refractivity contribution >= 4 is 110 Å². The normalized spacial score (nSPS) is 11.8. The first kappa shape index (κ1) is 56.7. The lowest BCUT2D eigenvalue weighted by Gasteiger charge is -2.23. The third-order valence-corrected chi connectivity index (χ3v) is 19.7. The Kier molecular flexibility index (Phi) is 13.1. The molecule has 98 heavy (non-hydrogen) atoms. The summed E-state index contributed by atoms with van der Waals surface area (Å²) < 4.78 is 9.44. The third-order valence-electron chi connectivity index (χ3n) is 19.7. The molecule has 0 N–H and O–H groups in total. The lowest BCUT2D eigenvalue weighted by Crippen LogP contribution is -2.54. The van der Waals surface area contributed by atoms with Gasteiger partial charge in [0.1, 0.15) is 0 Å². The molecule has 6 heterocycles. The van der Waals surface area contributed by atoms with Crippen molar-refractivity contribution in [3.8, 4) is 68.8 Å². The molecule has 6 aromatic heterocycles. The second kappa shape index (κ2) is 22.7. The molecule has 0 saturated carbocycles. The molecule has 0 saturated heterocycles. The Morgan fingerprint density at radius 1 is 0.245 bits per heavy atom. The number of para-hydroxylation sites is 4. The summed E-state index contributed by atoms with van der Waals surface area (Å²) in [5.41, 5.74) is 21.6. The van der Waals surface area contributed by atoms with Crippen molar-refractivity contribution in [3.63, 3.8) is 0 Å². The van der Waals surface area contributed by atoms with Gasteiger partial charge in [-0.25, -0.2) is 9.97 Å². The lowest BCUT2D eigenvalue weighted by atomic mass is 9.35. The fourth-order valence-electron chi connectivity index (χ4n) is 15.6. The number of hydrogen-bond donors (Lipinski definition) is 0. The van der Waals surface area contributed by atoms with Gasteiger partial charge in [0, 0.05) is 76.7 Å². The van der Waals surface area contributed by atoms with Gasteiger partial charge in [0.2, 0.25) is 18.6 Å². The fraction of sp³-hybridized carbons (Fsp3) is 0.0345. The summed E-state index contributed by atoms with van der Waals surface area (Å²) in [4.78, 5) is 31.6. The highest BCUT2D eigenvalue weighted by atomic mass is 15.2. The maximum absolute atomic E-state index is 5.40. The molecule has 0 fully saturated rings. The molecule has 0 atom stereocenters. The average molecular weight is 1260 g/mol. The van der Waals surface area contributed by atoms with Crippen LogP contribution >= 0.6 is 0 Å². The molecule has 19 rings (SSSR count). The van der Waals surface area contributed by atoms with E-state index < -0.39 is 0 Å². The van der Waals surface area contributed by atoms with Crippen LogP contribution in [-0.4, -0.2) is 54.9 Å². The molecule has 0 aliphatic heterocycles. The first-order valence-corrected chi connectivity index (χ1v) is 33.3. The summed E-state index contributed by atoms with van der Waals surface area (Å²) in [5.74, 6) is 3.52. The zero-order valence-corrected chi connectivity index (χ0v) is 53.9. The summed E-state index contributed by atoms with van der Waals surface area (Å²) in [6.45, 7) is 6.59. The number of benzene rings is 13. The van der Waals surface area contributed by atoms with E-state index >= 15 is 0 Å². The van der Waals surface area contributed by atoms with E-state index in [1.165, 1.54) is 33.1 Å². The predicted molar refractivity (Wildman–Crippen MR) is 404 cm³/mol. The Balaban J connectivity index is 0.815. The second-order valence-corrected chi connectivity index (χ2v) is 25.6. The molecule has 0 spiro atoms. The Morgan fingerprint density at radius 3 is 1.02 bits per heavy atom. The molecule has 0 radical (unpaired) electrons.